The van der Waals surface area contributed by atoms with Crippen molar-refractivity contribution in [1.82, 2.24) is 9.55 Å². The van der Waals surface area contributed by atoms with Gasteiger partial charge in [0.2, 0.25) is 5.91 Å². The van der Waals surface area contributed by atoms with Crippen LogP contribution in [-0.4, -0.2) is 34.9 Å². The summed E-state index contributed by atoms with van der Waals surface area (Å²) in [6.07, 6.45) is 0.649. The highest BCUT2D eigenvalue weighted by atomic mass is 35.5. The lowest BCUT2D eigenvalue weighted by atomic mass is 10.2. The van der Waals surface area contributed by atoms with E-state index >= 15 is 0 Å². The molecule has 0 bridgehead atoms. The molecule has 9 heteroatoms. The molecular weight excluding hydrogens is 433 g/mol. The summed E-state index contributed by atoms with van der Waals surface area (Å²) in [6.45, 7) is 0.953. The van der Waals surface area contributed by atoms with Crippen LogP contribution in [-0.2, 0) is 16.1 Å². The number of ether oxygens (including phenoxy) is 1. The van der Waals surface area contributed by atoms with E-state index in [1.807, 2.05) is 0 Å². The minimum Gasteiger partial charge on any atom is -0.385 e. The number of para-hydroxylation sites is 1. The number of anilines is 1. The van der Waals surface area contributed by atoms with E-state index in [-0.39, 0.29) is 17.2 Å². The van der Waals surface area contributed by atoms with Crippen LogP contribution >= 0.6 is 35.0 Å². The monoisotopic (exact) mass is 451 g/mol. The summed E-state index contributed by atoms with van der Waals surface area (Å²) in [4.78, 5) is 29.9. The number of hydrogen-bond acceptors (Lipinski definition) is 5. The van der Waals surface area contributed by atoms with Gasteiger partial charge in [-0.05, 0) is 36.8 Å². The zero-order valence-electron chi connectivity index (χ0n) is 15.7. The molecule has 0 unspecified atom stereocenters. The van der Waals surface area contributed by atoms with Crippen LogP contribution in [0.25, 0.3) is 10.9 Å². The van der Waals surface area contributed by atoms with Gasteiger partial charge in [-0.2, -0.15) is 0 Å². The summed E-state index contributed by atoms with van der Waals surface area (Å²) in [6, 6.07) is 12.0. The van der Waals surface area contributed by atoms with E-state index < -0.39 is 0 Å². The SMILES string of the molecule is COCCCn1c(SCC(=O)Nc2ccccc2Cl)nc2cc(Cl)ccc2c1=O. The number of benzene rings is 2. The van der Waals surface area contributed by atoms with E-state index in [1.165, 1.54) is 11.8 Å². The first-order valence-corrected chi connectivity index (χ1v) is 10.6. The first-order chi connectivity index (χ1) is 14.0. The second-order valence-electron chi connectivity index (χ2n) is 6.18. The summed E-state index contributed by atoms with van der Waals surface area (Å²) in [5.41, 5.74) is 0.867. The van der Waals surface area contributed by atoms with Crippen LogP contribution in [0.15, 0.2) is 52.4 Å². The Morgan fingerprint density at radius 2 is 2.03 bits per heavy atom. The Kier molecular flexibility index (Phi) is 7.55. The molecule has 2 aromatic carbocycles. The lowest BCUT2D eigenvalue weighted by Gasteiger charge is -2.13. The molecule has 1 N–H and O–H groups in total. The van der Waals surface area contributed by atoms with E-state index in [1.54, 1.807) is 54.1 Å². The summed E-state index contributed by atoms with van der Waals surface area (Å²) in [5.74, 6) is -0.166. The molecule has 6 nitrogen and oxygen atoms in total. The highest BCUT2D eigenvalue weighted by molar-refractivity contribution is 7.99. The van der Waals surface area contributed by atoms with Crippen molar-refractivity contribution in [1.29, 1.82) is 0 Å². The van der Waals surface area contributed by atoms with Crippen LogP contribution < -0.4 is 10.9 Å². The van der Waals surface area contributed by atoms with Crippen molar-refractivity contribution in [2.75, 3.05) is 24.8 Å². The maximum absolute atomic E-state index is 12.9. The molecule has 0 atom stereocenters. The molecule has 3 rings (SSSR count). The number of amides is 1. The van der Waals surface area contributed by atoms with Gasteiger partial charge in [-0.15, -0.1) is 0 Å². The summed E-state index contributed by atoms with van der Waals surface area (Å²) in [5, 5.41) is 4.66. The van der Waals surface area contributed by atoms with Gasteiger partial charge in [0.15, 0.2) is 5.16 Å². The van der Waals surface area contributed by atoms with Gasteiger partial charge in [0.05, 0.1) is 27.4 Å². The van der Waals surface area contributed by atoms with Gasteiger partial charge in [-0.1, -0.05) is 47.1 Å². The molecule has 1 aromatic heterocycles. The van der Waals surface area contributed by atoms with Gasteiger partial charge in [-0.25, -0.2) is 4.98 Å². The van der Waals surface area contributed by atoms with Gasteiger partial charge in [0.25, 0.3) is 5.56 Å². The first-order valence-electron chi connectivity index (χ1n) is 8.86. The number of nitrogens with one attached hydrogen (secondary N) is 1. The second-order valence-corrected chi connectivity index (χ2v) is 7.96. The Morgan fingerprint density at radius 1 is 1.24 bits per heavy atom. The molecule has 0 saturated heterocycles. The Morgan fingerprint density at radius 3 is 2.79 bits per heavy atom. The number of halogens is 2. The van der Waals surface area contributed by atoms with Crippen LogP contribution in [0.3, 0.4) is 0 Å². The molecule has 3 aromatic rings. The normalized spacial score (nSPS) is 11.0. The van der Waals surface area contributed by atoms with Crippen LogP contribution in [0.1, 0.15) is 6.42 Å². The Labute approximate surface area is 182 Å². The van der Waals surface area contributed by atoms with E-state index in [0.29, 0.717) is 51.4 Å². The zero-order chi connectivity index (χ0) is 20.8. The third-order valence-electron chi connectivity index (χ3n) is 4.09. The quantitative estimate of drug-likeness (QED) is 0.310. The number of carbonyl (C=O) groups is 1. The van der Waals surface area contributed by atoms with Crippen molar-refractivity contribution < 1.29 is 9.53 Å². The van der Waals surface area contributed by atoms with Gasteiger partial charge in [-0.3, -0.25) is 14.2 Å². The number of carbonyl (C=O) groups excluding carboxylic acids is 1. The predicted octanol–water partition coefficient (Wildman–Crippen LogP) is 4.47. The van der Waals surface area contributed by atoms with Crippen LogP contribution in [0, 0.1) is 0 Å². The van der Waals surface area contributed by atoms with Crippen LogP contribution in [0.2, 0.25) is 10.0 Å². The maximum Gasteiger partial charge on any atom is 0.262 e. The maximum atomic E-state index is 12.9. The minimum atomic E-state index is -0.244. The first kappa shape index (κ1) is 21.6. The molecule has 0 aliphatic rings. The standard InChI is InChI=1S/C20H19Cl2N3O3S/c1-28-10-4-9-25-19(27)14-8-7-13(21)11-17(14)24-20(25)29-12-18(26)23-16-6-3-2-5-15(16)22/h2-3,5-8,11H,4,9-10,12H2,1H3,(H,23,26). The molecule has 152 valence electrons. The number of aromatic nitrogens is 2. The molecule has 1 heterocycles. The van der Waals surface area contributed by atoms with Gasteiger partial charge < -0.3 is 10.1 Å². The van der Waals surface area contributed by atoms with Gasteiger partial charge in [0, 0.05) is 25.3 Å². The highest BCUT2D eigenvalue weighted by Gasteiger charge is 2.14. The van der Waals surface area contributed by atoms with Crippen molar-refractivity contribution in [3.05, 3.63) is 62.9 Å². The lowest BCUT2D eigenvalue weighted by molar-refractivity contribution is -0.113. The molecule has 0 aliphatic carbocycles. The van der Waals surface area contributed by atoms with Crippen molar-refractivity contribution >= 4 is 57.5 Å². The highest BCUT2D eigenvalue weighted by Crippen LogP contribution is 2.23. The molecule has 0 spiro atoms. The molecule has 1 amide bonds. The lowest BCUT2D eigenvalue weighted by Crippen LogP contribution is -2.25. The fraction of sp³-hybridized carbons (Fsp3) is 0.250. The smallest absolute Gasteiger partial charge is 0.262 e. The number of hydrogen-bond donors (Lipinski definition) is 1. The third-order valence-corrected chi connectivity index (χ3v) is 5.63. The largest absolute Gasteiger partial charge is 0.385 e. The Balaban J connectivity index is 1.84. The van der Waals surface area contributed by atoms with E-state index in [9.17, 15) is 9.59 Å². The number of fused-ring (bicyclic) bond motifs is 1. The van der Waals surface area contributed by atoms with Crippen LogP contribution in [0.4, 0.5) is 5.69 Å². The molecular formula is C20H19Cl2N3O3S. The van der Waals surface area contributed by atoms with Gasteiger partial charge >= 0.3 is 0 Å². The average Bonchev–Trinajstić information content (AvgIpc) is 2.70. The average molecular weight is 452 g/mol. The molecule has 29 heavy (non-hydrogen) atoms. The third kappa shape index (κ3) is 5.51. The Bertz CT molecular complexity index is 1090. The molecule has 0 radical (unpaired) electrons. The Hall–Kier alpha value is -2.06. The molecule has 0 fully saturated rings. The number of methoxy groups -OCH3 is 1. The second kappa shape index (κ2) is 10.1. The predicted molar refractivity (Wildman–Crippen MR) is 118 cm³/mol. The van der Waals surface area contributed by atoms with Crippen molar-refractivity contribution in [3.63, 3.8) is 0 Å². The fourth-order valence-corrected chi connectivity index (χ4v) is 3.90. The molecule has 0 saturated carbocycles. The number of rotatable bonds is 8. The van der Waals surface area contributed by atoms with E-state index in [4.69, 9.17) is 27.9 Å². The zero-order valence-corrected chi connectivity index (χ0v) is 18.0. The summed E-state index contributed by atoms with van der Waals surface area (Å²) >= 11 is 13.3. The van der Waals surface area contributed by atoms with Crippen molar-refractivity contribution in [2.45, 2.75) is 18.1 Å². The van der Waals surface area contributed by atoms with Crippen LogP contribution in [0.5, 0.6) is 0 Å². The fourth-order valence-electron chi connectivity index (χ4n) is 2.73. The number of thioether (sulfide) groups is 1. The van der Waals surface area contributed by atoms with Gasteiger partial charge in [0.1, 0.15) is 0 Å². The van der Waals surface area contributed by atoms with Crippen molar-refractivity contribution in [2.24, 2.45) is 0 Å². The summed E-state index contributed by atoms with van der Waals surface area (Å²) in [7, 11) is 1.61. The van der Waals surface area contributed by atoms with E-state index in [0.717, 1.165) is 0 Å². The van der Waals surface area contributed by atoms with E-state index in [2.05, 4.69) is 10.3 Å². The topological polar surface area (TPSA) is 73.2 Å². The minimum absolute atomic E-state index is 0.0774. The number of nitrogens with zero attached hydrogens (tertiary/aromatic N) is 2. The van der Waals surface area contributed by atoms with Crippen molar-refractivity contribution in [3.8, 4) is 0 Å². The molecule has 0 aliphatic heterocycles. The summed E-state index contributed by atoms with van der Waals surface area (Å²) < 4.78 is 6.66.